The van der Waals surface area contributed by atoms with Crippen LogP contribution in [0.5, 0.6) is 0 Å². The monoisotopic (exact) mass is 444 g/mol. The van der Waals surface area contributed by atoms with Gasteiger partial charge in [0.2, 0.25) is 0 Å². The molecule has 0 bridgehead atoms. The lowest BCUT2D eigenvalue weighted by Crippen LogP contribution is -2.44. The molecule has 0 aliphatic rings. The Kier molecular flexibility index (Phi) is 25.1. The van der Waals surface area contributed by atoms with Crippen LogP contribution < -0.4 is 5.32 Å². The van der Waals surface area contributed by atoms with Gasteiger partial charge in [0.05, 0.1) is 26.4 Å². The van der Waals surface area contributed by atoms with E-state index in [1.54, 1.807) is 0 Å². The van der Waals surface area contributed by atoms with Crippen LogP contribution in [0, 0.1) is 0 Å². The van der Waals surface area contributed by atoms with E-state index >= 15 is 0 Å². The SMILES string of the molecule is CCCCCCCCCCCCCCCCC=CNC(CC)N(OCCO)OCCO. The molecule has 0 aromatic rings. The summed E-state index contributed by atoms with van der Waals surface area (Å²) >= 11 is 0. The van der Waals surface area contributed by atoms with Gasteiger partial charge in [0.15, 0.2) is 0 Å². The normalized spacial score (nSPS) is 12.8. The first-order valence-electron chi connectivity index (χ1n) is 13.0. The molecule has 31 heavy (non-hydrogen) atoms. The molecule has 0 heterocycles. The Hall–Kier alpha value is -0.660. The van der Waals surface area contributed by atoms with E-state index in [1.165, 1.54) is 95.1 Å². The first kappa shape index (κ1) is 30.3. The minimum absolute atomic E-state index is 0.0790. The molecule has 0 saturated heterocycles. The minimum atomic E-state index is -0.161. The lowest BCUT2D eigenvalue weighted by molar-refractivity contribution is -0.394. The maximum absolute atomic E-state index is 8.94. The number of rotatable bonds is 25. The lowest BCUT2D eigenvalue weighted by atomic mass is 10.0. The highest BCUT2D eigenvalue weighted by Gasteiger charge is 2.17. The third-order valence-corrected chi connectivity index (χ3v) is 5.39. The minimum Gasteiger partial charge on any atom is -0.394 e. The van der Waals surface area contributed by atoms with Crippen molar-refractivity contribution in [2.24, 2.45) is 0 Å². The van der Waals surface area contributed by atoms with E-state index < -0.39 is 0 Å². The molecule has 6 heteroatoms. The summed E-state index contributed by atoms with van der Waals surface area (Å²) in [6.07, 6.45) is 25.1. The average molecular weight is 445 g/mol. The van der Waals surface area contributed by atoms with E-state index in [-0.39, 0.29) is 32.6 Å². The van der Waals surface area contributed by atoms with Gasteiger partial charge in [-0.1, -0.05) is 103 Å². The zero-order valence-corrected chi connectivity index (χ0v) is 20.5. The highest BCUT2D eigenvalue weighted by atomic mass is 17.0. The van der Waals surface area contributed by atoms with E-state index in [9.17, 15) is 0 Å². The molecule has 3 N–H and O–H groups in total. The molecule has 186 valence electrons. The molecule has 0 aliphatic carbocycles. The van der Waals surface area contributed by atoms with Crippen molar-refractivity contribution in [3.05, 3.63) is 12.3 Å². The van der Waals surface area contributed by atoms with Crippen LogP contribution >= 0.6 is 0 Å². The fraction of sp³-hybridized carbons (Fsp3) is 0.920. The zero-order chi connectivity index (χ0) is 22.8. The Bertz CT molecular complexity index is 361. The van der Waals surface area contributed by atoms with Gasteiger partial charge >= 0.3 is 0 Å². The van der Waals surface area contributed by atoms with Gasteiger partial charge in [0.1, 0.15) is 6.17 Å². The molecule has 1 atom stereocenters. The van der Waals surface area contributed by atoms with Crippen LogP contribution in [0.25, 0.3) is 0 Å². The number of unbranched alkanes of at least 4 members (excludes halogenated alkanes) is 14. The highest BCUT2D eigenvalue weighted by molar-refractivity contribution is 4.81. The smallest absolute Gasteiger partial charge is 0.130 e. The van der Waals surface area contributed by atoms with Crippen molar-refractivity contribution in [1.82, 2.24) is 10.5 Å². The largest absolute Gasteiger partial charge is 0.394 e. The second kappa shape index (κ2) is 25.6. The van der Waals surface area contributed by atoms with Gasteiger partial charge in [0, 0.05) is 0 Å². The second-order valence-electron chi connectivity index (χ2n) is 8.28. The predicted octanol–water partition coefficient (Wildman–Crippen LogP) is 5.85. The standard InChI is InChI=1S/C25H52N2O4/c1-3-5-6-7-8-9-10-11-12-13-14-15-16-17-18-19-20-26-25(4-2)27(30-23-21-28)31-24-22-29/h19-20,25-26,28-29H,3-18,21-24H2,1-2H3. The summed E-state index contributed by atoms with van der Waals surface area (Å²) < 4.78 is 0. The molecule has 1 unspecified atom stereocenters. The summed E-state index contributed by atoms with van der Waals surface area (Å²) in [5, 5.41) is 22.5. The van der Waals surface area contributed by atoms with Gasteiger partial charge in [-0.25, -0.2) is 0 Å². The summed E-state index contributed by atoms with van der Waals surface area (Å²) in [5.74, 6) is 0. The number of hydrogen-bond donors (Lipinski definition) is 3. The fourth-order valence-corrected chi connectivity index (χ4v) is 3.53. The molecule has 0 rings (SSSR count). The third-order valence-electron chi connectivity index (χ3n) is 5.39. The molecule has 0 amide bonds. The third kappa shape index (κ3) is 21.0. The number of nitrogens with zero attached hydrogens (tertiary/aromatic N) is 1. The average Bonchev–Trinajstić information content (AvgIpc) is 2.79. The van der Waals surface area contributed by atoms with Gasteiger partial charge in [-0.15, -0.1) is 0 Å². The van der Waals surface area contributed by atoms with E-state index in [1.807, 2.05) is 13.1 Å². The number of nitrogens with one attached hydrogen (secondary N) is 1. The quantitative estimate of drug-likeness (QED) is 0.0932. The molecule has 0 aromatic heterocycles. The molecule has 0 radical (unpaired) electrons. The van der Waals surface area contributed by atoms with Crippen LogP contribution in [-0.2, 0) is 9.68 Å². The Balaban J connectivity index is 3.59. The molecule has 0 saturated carbocycles. The summed E-state index contributed by atoms with van der Waals surface area (Å²) in [4.78, 5) is 10.8. The Morgan fingerprint density at radius 3 is 1.58 bits per heavy atom. The van der Waals surface area contributed by atoms with Gasteiger partial charge in [-0.2, -0.15) is 0 Å². The Morgan fingerprint density at radius 2 is 1.16 bits per heavy atom. The molecule has 0 aromatic carbocycles. The number of aliphatic hydroxyl groups excluding tert-OH is 2. The van der Waals surface area contributed by atoms with Crippen molar-refractivity contribution in [2.45, 2.75) is 123 Å². The maximum Gasteiger partial charge on any atom is 0.130 e. The summed E-state index contributed by atoms with van der Waals surface area (Å²) in [6, 6.07) is 0. The maximum atomic E-state index is 8.94. The van der Waals surface area contributed by atoms with Crippen LogP contribution in [0.3, 0.4) is 0 Å². The lowest BCUT2D eigenvalue weighted by Gasteiger charge is -2.28. The topological polar surface area (TPSA) is 74.2 Å². The van der Waals surface area contributed by atoms with Gasteiger partial charge in [-0.3, -0.25) is 9.68 Å². The molecular formula is C25H52N2O4. The summed E-state index contributed by atoms with van der Waals surface area (Å²) in [5.41, 5.74) is 0. The Labute approximate surface area is 192 Å². The number of hydrogen-bond acceptors (Lipinski definition) is 6. The zero-order valence-electron chi connectivity index (χ0n) is 20.5. The van der Waals surface area contributed by atoms with E-state index in [4.69, 9.17) is 19.9 Å². The van der Waals surface area contributed by atoms with Crippen LogP contribution in [0.15, 0.2) is 12.3 Å². The summed E-state index contributed by atoms with van der Waals surface area (Å²) in [7, 11) is 0. The van der Waals surface area contributed by atoms with Crippen molar-refractivity contribution >= 4 is 0 Å². The van der Waals surface area contributed by atoms with E-state index in [0.717, 1.165) is 12.8 Å². The molecular weight excluding hydrogens is 392 g/mol. The summed E-state index contributed by atoms with van der Waals surface area (Å²) in [6.45, 7) is 4.46. The fourth-order valence-electron chi connectivity index (χ4n) is 3.53. The molecule has 0 spiro atoms. The Morgan fingerprint density at radius 1 is 0.710 bits per heavy atom. The molecule has 0 fully saturated rings. The van der Waals surface area contributed by atoms with Crippen LogP contribution in [0.4, 0.5) is 0 Å². The molecule has 0 aliphatic heterocycles. The van der Waals surface area contributed by atoms with Crippen LogP contribution in [0.2, 0.25) is 0 Å². The predicted molar refractivity (Wildman–Crippen MR) is 129 cm³/mol. The first-order chi connectivity index (χ1) is 15.3. The number of allylic oxidation sites excluding steroid dienone is 1. The van der Waals surface area contributed by atoms with Crippen molar-refractivity contribution in [1.29, 1.82) is 0 Å². The van der Waals surface area contributed by atoms with E-state index in [2.05, 4.69) is 18.3 Å². The van der Waals surface area contributed by atoms with Crippen molar-refractivity contribution < 1.29 is 19.9 Å². The van der Waals surface area contributed by atoms with Gasteiger partial charge in [-0.05, 0) is 30.7 Å². The van der Waals surface area contributed by atoms with E-state index in [0.29, 0.717) is 0 Å². The molecule has 6 nitrogen and oxygen atoms in total. The number of aliphatic hydroxyl groups is 2. The van der Waals surface area contributed by atoms with Crippen molar-refractivity contribution in [3.8, 4) is 0 Å². The van der Waals surface area contributed by atoms with Gasteiger partial charge in [0.25, 0.3) is 0 Å². The second-order valence-corrected chi connectivity index (χ2v) is 8.28. The van der Waals surface area contributed by atoms with Crippen LogP contribution in [-0.4, -0.2) is 48.0 Å². The first-order valence-corrected chi connectivity index (χ1v) is 13.0. The highest BCUT2D eigenvalue weighted by Crippen LogP contribution is 2.13. The van der Waals surface area contributed by atoms with Gasteiger partial charge < -0.3 is 15.5 Å². The van der Waals surface area contributed by atoms with Crippen molar-refractivity contribution in [2.75, 3.05) is 26.4 Å². The number of hydroxylamine groups is 2. The van der Waals surface area contributed by atoms with Crippen molar-refractivity contribution in [3.63, 3.8) is 0 Å². The van der Waals surface area contributed by atoms with Crippen LogP contribution in [0.1, 0.15) is 117 Å².